The molecule has 0 saturated carbocycles. The van der Waals surface area contributed by atoms with E-state index < -0.39 is 0 Å². The summed E-state index contributed by atoms with van der Waals surface area (Å²) in [6.07, 6.45) is 7.17. The lowest BCUT2D eigenvalue weighted by Gasteiger charge is -2.43. The summed E-state index contributed by atoms with van der Waals surface area (Å²) in [4.78, 5) is 6.33. The van der Waals surface area contributed by atoms with Crippen LogP contribution in [0.1, 0.15) is 36.6 Å². The molecule has 1 aromatic carbocycles. The van der Waals surface area contributed by atoms with Crippen LogP contribution >= 0.6 is 0 Å². The predicted octanol–water partition coefficient (Wildman–Crippen LogP) is 3.81. The zero-order valence-corrected chi connectivity index (χ0v) is 11.2. The number of aromatic nitrogens is 1. The number of rotatable bonds is 1. The largest absolute Gasteiger partial charge is 0.357 e. The lowest BCUT2D eigenvalue weighted by molar-refractivity contribution is 0.0973. The van der Waals surface area contributed by atoms with Gasteiger partial charge in [-0.2, -0.15) is 0 Å². The lowest BCUT2D eigenvalue weighted by Crippen LogP contribution is -2.44. The van der Waals surface area contributed by atoms with Crippen LogP contribution in [-0.4, -0.2) is 22.5 Å². The number of H-pyrrole nitrogens is 1. The summed E-state index contributed by atoms with van der Waals surface area (Å²) in [6, 6.07) is 9.87. The molecule has 2 nitrogen and oxygen atoms in total. The summed E-state index contributed by atoms with van der Waals surface area (Å²) in [5.41, 5.74) is 4.33. The number of piperidine rings is 1. The Balaban J connectivity index is 1.84. The van der Waals surface area contributed by atoms with Crippen molar-refractivity contribution in [3.8, 4) is 0 Å². The number of fused-ring (bicyclic) bond motifs is 5. The summed E-state index contributed by atoms with van der Waals surface area (Å²) < 4.78 is 0. The molecule has 2 aliphatic rings. The molecule has 1 N–H and O–H groups in total. The number of hydrogen-bond acceptors (Lipinski definition) is 1. The van der Waals surface area contributed by atoms with Gasteiger partial charge in [0.1, 0.15) is 0 Å². The van der Waals surface area contributed by atoms with Gasteiger partial charge in [0.25, 0.3) is 0 Å². The van der Waals surface area contributed by atoms with Crippen molar-refractivity contribution in [1.29, 1.82) is 0 Å². The van der Waals surface area contributed by atoms with Crippen molar-refractivity contribution in [2.45, 2.75) is 37.8 Å². The standard InChI is InChI=1S/C17H20N2/c1-2-12-6-5-9-16-17-14(10-11-19(12)16)13-7-3-4-8-15(13)18-17/h2-4,7-8,12,16,18H,1,5-6,9-11H2/t12-,16-/m0/s1. The van der Waals surface area contributed by atoms with E-state index in [2.05, 4.69) is 46.8 Å². The SMILES string of the molecule is C=C[C@H]1CCC[C@H]2c3[nH]c4ccccc4c3CCN12. The van der Waals surface area contributed by atoms with Gasteiger partial charge in [-0.15, -0.1) is 6.58 Å². The van der Waals surface area contributed by atoms with Crippen molar-refractivity contribution >= 4 is 10.9 Å². The average molecular weight is 252 g/mol. The van der Waals surface area contributed by atoms with Crippen molar-refractivity contribution in [3.63, 3.8) is 0 Å². The Bertz CT molecular complexity index is 625. The summed E-state index contributed by atoms with van der Waals surface area (Å²) in [5.74, 6) is 0. The van der Waals surface area contributed by atoms with E-state index in [-0.39, 0.29) is 0 Å². The Morgan fingerprint density at radius 3 is 3.05 bits per heavy atom. The molecule has 3 heterocycles. The van der Waals surface area contributed by atoms with Gasteiger partial charge < -0.3 is 4.98 Å². The molecule has 2 aliphatic heterocycles. The van der Waals surface area contributed by atoms with Gasteiger partial charge in [-0.1, -0.05) is 24.3 Å². The van der Waals surface area contributed by atoms with Crippen LogP contribution < -0.4 is 0 Å². The molecule has 0 bridgehead atoms. The highest BCUT2D eigenvalue weighted by Crippen LogP contribution is 2.41. The van der Waals surface area contributed by atoms with E-state index >= 15 is 0 Å². The van der Waals surface area contributed by atoms with Gasteiger partial charge in [-0.3, -0.25) is 4.90 Å². The first-order valence-corrected chi connectivity index (χ1v) is 7.36. The second-order valence-corrected chi connectivity index (χ2v) is 5.80. The van der Waals surface area contributed by atoms with Gasteiger partial charge in [0, 0.05) is 29.2 Å². The van der Waals surface area contributed by atoms with E-state index in [0.29, 0.717) is 12.1 Å². The minimum absolute atomic E-state index is 0.568. The zero-order chi connectivity index (χ0) is 12.8. The number of hydrogen-bond donors (Lipinski definition) is 1. The molecule has 98 valence electrons. The first-order valence-electron chi connectivity index (χ1n) is 7.36. The maximum absolute atomic E-state index is 4.02. The summed E-state index contributed by atoms with van der Waals surface area (Å²) in [7, 11) is 0. The Hall–Kier alpha value is -1.54. The first-order chi connectivity index (χ1) is 9.38. The van der Waals surface area contributed by atoms with Gasteiger partial charge in [-0.25, -0.2) is 0 Å². The Kier molecular flexibility index (Phi) is 2.52. The number of benzene rings is 1. The van der Waals surface area contributed by atoms with E-state index in [1.54, 1.807) is 5.56 Å². The molecule has 1 saturated heterocycles. The van der Waals surface area contributed by atoms with Gasteiger partial charge in [-0.05, 0) is 37.3 Å². The third kappa shape index (κ3) is 1.59. The first kappa shape index (κ1) is 11.3. The van der Waals surface area contributed by atoms with E-state index in [4.69, 9.17) is 0 Å². The van der Waals surface area contributed by atoms with E-state index in [9.17, 15) is 0 Å². The Morgan fingerprint density at radius 2 is 2.16 bits per heavy atom. The second-order valence-electron chi connectivity index (χ2n) is 5.80. The quantitative estimate of drug-likeness (QED) is 0.765. The molecule has 1 fully saturated rings. The maximum Gasteiger partial charge on any atom is 0.0507 e. The van der Waals surface area contributed by atoms with Crippen molar-refractivity contribution in [1.82, 2.24) is 9.88 Å². The lowest BCUT2D eigenvalue weighted by atomic mass is 9.87. The minimum atomic E-state index is 0.568. The molecule has 4 rings (SSSR count). The highest BCUT2D eigenvalue weighted by Gasteiger charge is 2.35. The van der Waals surface area contributed by atoms with Gasteiger partial charge >= 0.3 is 0 Å². The zero-order valence-electron chi connectivity index (χ0n) is 11.2. The molecular weight excluding hydrogens is 232 g/mol. The number of nitrogens with one attached hydrogen (secondary N) is 1. The molecule has 0 unspecified atom stereocenters. The molecule has 0 aliphatic carbocycles. The fraction of sp³-hybridized carbons (Fsp3) is 0.412. The third-order valence-corrected chi connectivity index (χ3v) is 4.88. The molecule has 19 heavy (non-hydrogen) atoms. The van der Waals surface area contributed by atoms with Crippen LogP contribution in [0, 0.1) is 0 Å². The molecule has 0 spiro atoms. The Labute approximate surface area is 114 Å². The number of para-hydroxylation sites is 1. The number of aromatic amines is 1. The fourth-order valence-corrected chi connectivity index (χ4v) is 3.98. The predicted molar refractivity (Wildman–Crippen MR) is 79.3 cm³/mol. The normalized spacial score (nSPS) is 26.9. The minimum Gasteiger partial charge on any atom is -0.357 e. The summed E-state index contributed by atoms with van der Waals surface area (Å²) >= 11 is 0. The van der Waals surface area contributed by atoms with Crippen molar-refractivity contribution in [3.05, 3.63) is 48.2 Å². The van der Waals surface area contributed by atoms with Crippen molar-refractivity contribution in [2.75, 3.05) is 6.54 Å². The van der Waals surface area contributed by atoms with E-state index in [0.717, 1.165) is 0 Å². The molecule has 2 atom stereocenters. The van der Waals surface area contributed by atoms with E-state index in [1.807, 2.05) is 0 Å². The molecule has 2 heteroatoms. The third-order valence-electron chi connectivity index (χ3n) is 4.88. The van der Waals surface area contributed by atoms with Gasteiger partial charge in [0.2, 0.25) is 0 Å². The van der Waals surface area contributed by atoms with Crippen LogP contribution in [0.2, 0.25) is 0 Å². The molecule has 1 aromatic heterocycles. The summed E-state index contributed by atoms with van der Waals surface area (Å²) in [6.45, 7) is 5.20. The Morgan fingerprint density at radius 1 is 1.26 bits per heavy atom. The average Bonchev–Trinajstić information content (AvgIpc) is 2.85. The van der Waals surface area contributed by atoms with Gasteiger partial charge in [0.05, 0.1) is 6.04 Å². The monoisotopic (exact) mass is 252 g/mol. The van der Waals surface area contributed by atoms with Gasteiger partial charge in [0.15, 0.2) is 0 Å². The van der Waals surface area contributed by atoms with Crippen LogP contribution in [-0.2, 0) is 6.42 Å². The maximum atomic E-state index is 4.02. The van der Waals surface area contributed by atoms with Crippen LogP contribution in [0.25, 0.3) is 10.9 Å². The van der Waals surface area contributed by atoms with Crippen molar-refractivity contribution < 1.29 is 0 Å². The fourth-order valence-electron chi connectivity index (χ4n) is 3.98. The van der Waals surface area contributed by atoms with Crippen LogP contribution in [0.15, 0.2) is 36.9 Å². The highest BCUT2D eigenvalue weighted by molar-refractivity contribution is 5.85. The molecule has 2 aromatic rings. The van der Waals surface area contributed by atoms with Crippen LogP contribution in [0.5, 0.6) is 0 Å². The van der Waals surface area contributed by atoms with E-state index in [1.165, 1.54) is 48.8 Å². The smallest absolute Gasteiger partial charge is 0.0507 e. The molecule has 0 amide bonds. The highest BCUT2D eigenvalue weighted by atomic mass is 15.2. The second kappa shape index (κ2) is 4.24. The molecule has 0 radical (unpaired) electrons. The summed E-state index contributed by atoms with van der Waals surface area (Å²) in [5, 5.41) is 1.43. The van der Waals surface area contributed by atoms with Crippen molar-refractivity contribution in [2.24, 2.45) is 0 Å². The van der Waals surface area contributed by atoms with Crippen LogP contribution in [0.4, 0.5) is 0 Å². The molecular formula is C17H20N2. The van der Waals surface area contributed by atoms with Crippen LogP contribution in [0.3, 0.4) is 0 Å². The topological polar surface area (TPSA) is 19.0 Å². The number of nitrogens with zero attached hydrogens (tertiary/aromatic N) is 1.